The van der Waals surface area contributed by atoms with Crippen molar-refractivity contribution in [3.8, 4) is 33.8 Å². The molecule has 3 amide bonds. The molecule has 0 spiro atoms. The van der Waals surface area contributed by atoms with Crippen LogP contribution in [0.2, 0.25) is 20.9 Å². The largest absolute Gasteiger partial charge is 0.379 e. The first-order valence-corrected chi connectivity index (χ1v) is 23.7. The molecule has 9 rings (SSSR count). The Morgan fingerprint density at radius 3 is 1.23 bits per heavy atom. The minimum absolute atomic E-state index is 0.0996. The number of carbonyl (C=O) groups is 3. The molecule has 0 bridgehead atoms. The number of morpholine rings is 3. The number of nitrogens with zero attached hydrogens (tertiary/aromatic N) is 8. The van der Waals surface area contributed by atoms with E-state index in [1.54, 1.807) is 24.3 Å². The van der Waals surface area contributed by atoms with Gasteiger partial charge in [0, 0.05) is 112 Å². The Hall–Kier alpha value is -6.09. The summed E-state index contributed by atoms with van der Waals surface area (Å²) < 4.78 is 15.7. The maximum atomic E-state index is 11.1. The number of halogens is 4. The van der Waals surface area contributed by atoms with Crippen molar-refractivity contribution in [3.05, 3.63) is 112 Å². The molecule has 0 unspecified atom stereocenters. The Morgan fingerprint density at radius 2 is 0.843 bits per heavy atom. The van der Waals surface area contributed by atoms with Gasteiger partial charge in [0.15, 0.2) is 0 Å². The quantitative estimate of drug-likeness (QED) is 0.0836. The molecule has 22 heteroatoms. The lowest BCUT2D eigenvalue weighted by molar-refractivity contribution is -0.115. The van der Waals surface area contributed by atoms with E-state index < -0.39 is 0 Å². The normalized spacial score (nSPS) is 14.3. The van der Waals surface area contributed by atoms with E-state index in [0.717, 1.165) is 103 Å². The van der Waals surface area contributed by atoms with E-state index >= 15 is 0 Å². The fourth-order valence-corrected chi connectivity index (χ4v) is 7.57. The smallest absolute Gasteiger partial charge is 0.227 e. The fourth-order valence-electron chi connectivity index (χ4n) is 6.80. The highest BCUT2D eigenvalue weighted by Crippen LogP contribution is 2.27. The number of ether oxygens (including phenoxy) is 3. The SMILES string of the molecule is C1COCCN1.CC(=O)Nc1ccc(-c2cc(Cl)nc(Cl)n2)cc1.CC(=O)Nc1ccc(-c2cc(Cl)nc(N3CCOCC3)n2)cc1.CC(=O)Nc1ccc(-c2cc(N3CCOCC3)nc(Cl)n2)cc1. The van der Waals surface area contributed by atoms with Gasteiger partial charge in [-0.2, -0.15) is 0 Å². The lowest BCUT2D eigenvalue weighted by Gasteiger charge is -2.28. The van der Waals surface area contributed by atoms with Crippen molar-refractivity contribution >= 4 is 93.0 Å². The zero-order chi connectivity index (χ0) is 49.8. The molecular weight excluding hydrogens is 982 g/mol. The summed E-state index contributed by atoms with van der Waals surface area (Å²) >= 11 is 23.8. The van der Waals surface area contributed by atoms with Gasteiger partial charge < -0.3 is 45.3 Å². The molecule has 0 atom stereocenters. The van der Waals surface area contributed by atoms with Crippen LogP contribution in [0, 0.1) is 0 Å². The molecule has 3 fully saturated rings. The molecule has 368 valence electrons. The number of amides is 3. The maximum Gasteiger partial charge on any atom is 0.227 e. The van der Waals surface area contributed by atoms with Gasteiger partial charge in [-0.1, -0.05) is 59.6 Å². The highest BCUT2D eigenvalue weighted by atomic mass is 35.5. The van der Waals surface area contributed by atoms with E-state index in [-0.39, 0.29) is 33.4 Å². The van der Waals surface area contributed by atoms with E-state index in [0.29, 0.717) is 43.2 Å². The molecule has 70 heavy (non-hydrogen) atoms. The first-order chi connectivity index (χ1) is 33.8. The van der Waals surface area contributed by atoms with E-state index in [1.807, 2.05) is 66.7 Å². The van der Waals surface area contributed by atoms with Gasteiger partial charge in [0.25, 0.3) is 0 Å². The number of hydrogen-bond acceptors (Lipinski definition) is 15. The van der Waals surface area contributed by atoms with Gasteiger partial charge in [-0.15, -0.1) is 0 Å². The fraction of sp³-hybridized carbons (Fsp3) is 0.312. The van der Waals surface area contributed by atoms with E-state index in [1.165, 1.54) is 20.8 Å². The minimum Gasteiger partial charge on any atom is -0.379 e. The lowest BCUT2D eigenvalue weighted by Crippen LogP contribution is -2.37. The highest BCUT2D eigenvalue weighted by Gasteiger charge is 2.17. The summed E-state index contributed by atoms with van der Waals surface area (Å²) in [4.78, 5) is 62.6. The molecule has 6 heterocycles. The van der Waals surface area contributed by atoms with Crippen molar-refractivity contribution in [2.45, 2.75) is 20.8 Å². The predicted octanol–water partition coefficient (Wildman–Crippen LogP) is 8.20. The van der Waals surface area contributed by atoms with Crippen molar-refractivity contribution < 1.29 is 28.6 Å². The Bertz CT molecular complexity index is 2500. The molecule has 3 aromatic carbocycles. The van der Waals surface area contributed by atoms with Gasteiger partial charge >= 0.3 is 0 Å². The number of aromatic nitrogens is 6. The molecular formula is C48H52Cl4N12O6. The van der Waals surface area contributed by atoms with Crippen molar-refractivity contribution in [3.63, 3.8) is 0 Å². The predicted molar refractivity (Wildman–Crippen MR) is 275 cm³/mol. The van der Waals surface area contributed by atoms with Gasteiger partial charge in [0.1, 0.15) is 16.1 Å². The summed E-state index contributed by atoms with van der Waals surface area (Å²) in [5, 5.41) is 12.3. The van der Waals surface area contributed by atoms with Crippen LogP contribution in [0.4, 0.5) is 28.8 Å². The zero-order valence-electron chi connectivity index (χ0n) is 38.7. The number of benzene rings is 3. The van der Waals surface area contributed by atoms with Gasteiger partial charge in [0.2, 0.25) is 34.2 Å². The molecule has 3 aliphatic heterocycles. The van der Waals surface area contributed by atoms with Crippen LogP contribution in [0.25, 0.3) is 33.8 Å². The maximum absolute atomic E-state index is 11.1. The molecule has 18 nitrogen and oxygen atoms in total. The number of anilines is 5. The molecule has 6 aromatic rings. The van der Waals surface area contributed by atoms with Crippen molar-refractivity contribution in [1.82, 2.24) is 35.2 Å². The van der Waals surface area contributed by atoms with E-state index in [2.05, 4.69) is 61.0 Å². The third-order valence-corrected chi connectivity index (χ3v) is 10.7. The lowest BCUT2D eigenvalue weighted by atomic mass is 10.1. The topological polar surface area (TPSA) is 211 Å². The minimum atomic E-state index is -0.115. The summed E-state index contributed by atoms with van der Waals surface area (Å²) in [6, 6.07) is 27.4. The second-order valence-electron chi connectivity index (χ2n) is 15.4. The first-order valence-electron chi connectivity index (χ1n) is 22.1. The highest BCUT2D eigenvalue weighted by molar-refractivity contribution is 6.32. The van der Waals surface area contributed by atoms with Crippen LogP contribution in [-0.2, 0) is 28.6 Å². The average Bonchev–Trinajstić information content (AvgIpc) is 3.35. The summed E-state index contributed by atoms with van der Waals surface area (Å²) in [6.45, 7) is 14.0. The Morgan fingerprint density at radius 1 is 0.471 bits per heavy atom. The van der Waals surface area contributed by atoms with E-state index in [9.17, 15) is 14.4 Å². The van der Waals surface area contributed by atoms with Crippen LogP contribution in [0.5, 0.6) is 0 Å². The van der Waals surface area contributed by atoms with Gasteiger partial charge in [0.05, 0.1) is 56.7 Å². The van der Waals surface area contributed by atoms with Gasteiger partial charge in [-0.3, -0.25) is 14.4 Å². The molecule has 0 aliphatic carbocycles. The molecule has 0 saturated carbocycles. The van der Waals surface area contributed by atoms with Crippen LogP contribution < -0.4 is 31.1 Å². The Balaban J connectivity index is 0.000000163. The van der Waals surface area contributed by atoms with Crippen LogP contribution in [-0.4, -0.2) is 127 Å². The van der Waals surface area contributed by atoms with Crippen molar-refractivity contribution in [2.75, 3.05) is 105 Å². The van der Waals surface area contributed by atoms with Crippen LogP contribution in [0.15, 0.2) is 91.0 Å². The second-order valence-corrected chi connectivity index (χ2v) is 16.9. The molecule has 3 aliphatic rings. The summed E-state index contributed by atoms with van der Waals surface area (Å²) in [6.07, 6.45) is 0. The van der Waals surface area contributed by atoms with Gasteiger partial charge in [-0.25, -0.2) is 29.9 Å². The summed E-state index contributed by atoms with van der Waals surface area (Å²) in [5.41, 5.74) is 7.02. The Labute approximate surface area is 425 Å². The summed E-state index contributed by atoms with van der Waals surface area (Å²) in [7, 11) is 0. The standard InChI is InChI=1S/2C16H17ClN4O2.C12H9Cl2N3O.C4H9NO/c1-11(22)18-13-4-2-12(3-5-13)14-10-15(20-16(17)19-14)21-6-8-23-9-7-21;1-11(22)18-13-4-2-12(3-5-13)14-10-15(17)20-16(19-14)21-6-8-23-9-7-21;1-7(18)15-9-4-2-8(3-5-9)10-6-11(13)17-12(14)16-10;1-3-6-4-2-5-1/h2*2-5,10H,6-9H2,1H3,(H,18,22);2-6H,1H3,(H,15,18);5H,1-4H2. The Kier molecular flexibility index (Phi) is 20.8. The van der Waals surface area contributed by atoms with Crippen LogP contribution in [0.3, 0.4) is 0 Å². The van der Waals surface area contributed by atoms with Crippen molar-refractivity contribution in [2.24, 2.45) is 0 Å². The van der Waals surface area contributed by atoms with Crippen LogP contribution >= 0.6 is 46.4 Å². The number of nitrogens with one attached hydrogen (secondary N) is 4. The molecule has 4 N–H and O–H groups in total. The summed E-state index contributed by atoms with van der Waals surface area (Å²) in [5.74, 6) is 1.10. The monoisotopic (exact) mass is 1030 g/mol. The van der Waals surface area contributed by atoms with Crippen molar-refractivity contribution in [1.29, 1.82) is 0 Å². The van der Waals surface area contributed by atoms with Crippen LogP contribution in [0.1, 0.15) is 20.8 Å². The molecule has 0 radical (unpaired) electrons. The molecule has 3 aromatic heterocycles. The van der Waals surface area contributed by atoms with E-state index in [4.69, 9.17) is 60.6 Å². The number of carbonyl (C=O) groups excluding carboxylic acids is 3. The number of hydrogen-bond donors (Lipinski definition) is 4. The average molecular weight is 1030 g/mol. The molecule has 3 saturated heterocycles. The second kappa shape index (κ2) is 27.3. The third-order valence-electron chi connectivity index (χ3n) is 10.0. The zero-order valence-corrected chi connectivity index (χ0v) is 41.7. The third kappa shape index (κ3) is 17.7. The van der Waals surface area contributed by atoms with Gasteiger partial charge in [-0.05, 0) is 59.6 Å². The first kappa shape index (κ1) is 53.3. The number of rotatable bonds is 8.